The molecule has 2 heterocycles. The normalized spacial score (nSPS) is 13.6. The van der Waals surface area contributed by atoms with E-state index >= 15 is 0 Å². The van der Waals surface area contributed by atoms with Crippen LogP contribution in [-0.2, 0) is 26.0 Å². The van der Waals surface area contributed by atoms with Gasteiger partial charge in [-0.15, -0.1) is 0 Å². The molecule has 0 amide bonds. The number of anilines is 1. The van der Waals surface area contributed by atoms with Gasteiger partial charge in [0.05, 0.1) is 16.9 Å². The number of ether oxygens (including phenoxy) is 1. The topological polar surface area (TPSA) is 120 Å². The van der Waals surface area contributed by atoms with Crippen molar-refractivity contribution in [1.82, 2.24) is 4.98 Å². The Bertz CT molecular complexity index is 1030. The van der Waals surface area contributed by atoms with Crippen LogP contribution in [0.3, 0.4) is 0 Å². The third-order valence-electron chi connectivity index (χ3n) is 4.03. The lowest BCUT2D eigenvalue weighted by Gasteiger charge is -2.18. The summed E-state index contributed by atoms with van der Waals surface area (Å²) in [7, 11) is -2.61. The predicted octanol–water partition coefficient (Wildman–Crippen LogP) is 1.93. The van der Waals surface area contributed by atoms with Crippen molar-refractivity contribution in [3.8, 4) is 0 Å². The summed E-state index contributed by atoms with van der Waals surface area (Å²) in [4.78, 5) is 25.5. The zero-order valence-electron chi connectivity index (χ0n) is 14.2. The first-order valence-corrected chi connectivity index (χ1v) is 9.29. The number of sulfonamides is 1. The molecule has 27 heavy (non-hydrogen) atoms. The van der Waals surface area contributed by atoms with Gasteiger partial charge in [0.15, 0.2) is 0 Å². The Morgan fingerprint density at radius 1 is 1.33 bits per heavy atom. The number of aromatic nitrogens is 1. The van der Waals surface area contributed by atoms with Crippen molar-refractivity contribution in [1.29, 1.82) is 0 Å². The Labute approximate surface area is 155 Å². The number of pyridine rings is 1. The number of benzene rings is 1. The number of fused-ring (bicyclic) bond motifs is 1. The molecule has 0 aliphatic carbocycles. The number of methoxy groups -OCH3 is 1. The number of non-ortho nitro benzene ring substituents is 1. The number of hydrogen-bond acceptors (Lipinski definition) is 7. The number of esters is 1. The average Bonchev–Trinajstić information content (AvgIpc) is 3.10. The lowest BCUT2D eigenvalue weighted by molar-refractivity contribution is -0.384. The van der Waals surface area contributed by atoms with E-state index in [1.165, 1.54) is 41.9 Å². The highest BCUT2D eigenvalue weighted by molar-refractivity contribution is 7.92. The second kappa shape index (κ2) is 7.16. The molecular weight excluding hydrogens is 374 g/mol. The number of nitro benzene ring substituents is 1. The molecule has 2 aromatic rings. The summed E-state index contributed by atoms with van der Waals surface area (Å²) in [6.07, 6.45) is 4.72. The summed E-state index contributed by atoms with van der Waals surface area (Å²) < 4.78 is 31.4. The van der Waals surface area contributed by atoms with Crippen molar-refractivity contribution in [3.63, 3.8) is 0 Å². The SMILES string of the molecule is COC(=O)/C=C/c1cnc2c(c1)CCN2S(=O)(=O)c1ccc([N+](=O)[O-])cc1. The van der Waals surface area contributed by atoms with E-state index in [1.807, 2.05) is 0 Å². The van der Waals surface area contributed by atoms with Gasteiger partial charge in [0.2, 0.25) is 0 Å². The minimum atomic E-state index is -3.88. The summed E-state index contributed by atoms with van der Waals surface area (Å²) in [5.41, 5.74) is 1.19. The van der Waals surface area contributed by atoms with Gasteiger partial charge in [-0.2, -0.15) is 0 Å². The molecule has 1 aromatic heterocycles. The number of nitro groups is 1. The number of hydrogen-bond donors (Lipinski definition) is 0. The Kier molecular flexibility index (Phi) is 4.91. The zero-order chi connectivity index (χ0) is 19.6. The van der Waals surface area contributed by atoms with Gasteiger partial charge >= 0.3 is 5.97 Å². The highest BCUT2D eigenvalue weighted by Crippen LogP contribution is 2.32. The smallest absolute Gasteiger partial charge is 0.330 e. The van der Waals surface area contributed by atoms with Crippen LogP contribution in [0.1, 0.15) is 11.1 Å². The van der Waals surface area contributed by atoms with Crippen LogP contribution in [0.25, 0.3) is 6.08 Å². The summed E-state index contributed by atoms with van der Waals surface area (Å²) in [5.74, 6) is -0.193. The molecular formula is C17H15N3O6S. The molecule has 0 saturated carbocycles. The standard InChI is InChI=1S/C17H15N3O6S/c1-26-16(21)7-2-12-10-13-8-9-19(17(13)18-11-12)27(24,25)15-5-3-14(4-6-15)20(22)23/h2-7,10-11H,8-9H2,1H3/b7-2+. The molecule has 0 unspecified atom stereocenters. The molecule has 3 rings (SSSR count). The molecule has 140 valence electrons. The highest BCUT2D eigenvalue weighted by atomic mass is 32.2. The van der Waals surface area contributed by atoms with Crippen LogP contribution < -0.4 is 4.31 Å². The Hall–Kier alpha value is -3.27. The second-order valence-electron chi connectivity index (χ2n) is 5.69. The summed E-state index contributed by atoms with van der Waals surface area (Å²) >= 11 is 0. The average molecular weight is 389 g/mol. The summed E-state index contributed by atoms with van der Waals surface area (Å²) in [6, 6.07) is 6.47. The quantitative estimate of drug-likeness (QED) is 0.332. The molecule has 1 aliphatic heterocycles. The Balaban J connectivity index is 1.89. The van der Waals surface area contributed by atoms with Crippen LogP contribution in [0.5, 0.6) is 0 Å². The third kappa shape index (κ3) is 3.65. The molecule has 0 fully saturated rings. The van der Waals surface area contributed by atoms with Crippen LogP contribution >= 0.6 is 0 Å². The van der Waals surface area contributed by atoms with E-state index in [9.17, 15) is 23.3 Å². The van der Waals surface area contributed by atoms with E-state index in [0.29, 0.717) is 17.8 Å². The molecule has 0 bridgehead atoms. The maximum atomic E-state index is 12.9. The van der Waals surface area contributed by atoms with Gasteiger partial charge in [-0.1, -0.05) is 0 Å². The van der Waals surface area contributed by atoms with Gasteiger partial charge < -0.3 is 4.74 Å². The maximum absolute atomic E-state index is 12.9. The van der Waals surface area contributed by atoms with Crippen LogP contribution in [0, 0.1) is 10.1 Å². The van der Waals surface area contributed by atoms with Crippen molar-refractivity contribution >= 4 is 33.6 Å². The Morgan fingerprint density at radius 2 is 2.04 bits per heavy atom. The molecule has 10 heteroatoms. The molecule has 1 aromatic carbocycles. The van der Waals surface area contributed by atoms with Crippen LogP contribution in [0.15, 0.2) is 47.5 Å². The van der Waals surface area contributed by atoms with E-state index in [4.69, 9.17) is 0 Å². The van der Waals surface area contributed by atoms with Gasteiger partial charge in [-0.05, 0) is 41.8 Å². The van der Waals surface area contributed by atoms with Crippen molar-refractivity contribution in [2.45, 2.75) is 11.3 Å². The first-order chi connectivity index (χ1) is 12.8. The fraction of sp³-hybridized carbons (Fsp3) is 0.176. The molecule has 0 saturated heterocycles. The van der Waals surface area contributed by atoms with Gasteiger partial charge in [0, 0.05) is 31.0 Å². The third-order valence-corrected chi connectivity index (χ3v) is 5.84. The van der Waals surface area contributed by atoms with Crippen molar-refractivity contribution in [2.24, 2.45) is 0 Å². The molecule has 0 spiro atoms. The number of carbonyl (C=O) groups is 1. The summed E-state index contributed by atoms with van der Waals surface area (Å²) in [5, 5.41) is 10.7. The molecule has 0 atom stereocenters. The van der Waals surface area contributed by atoms with Gasteiger partial charge in [0.25, 0.3) is 15.7 Å². The van der Waals surface area contributed by atoms with Crippen LogP contribution in [0.4, 0.5) is 11.5 Å². The summed E-state index contributed by atoms with van der Waals surface area (Å²) in [6.45, 7) is 0.214. The first kappa shape index (κ1) is 18.5. The van der Waals surface area contributed by atoms with Gasteiger partial charge in [-0.25, -0.2) is 22.5 Å². The van der Waals surface area contributed by atoms with Crippen molar-refractivity contribution in [3.05, 3.63) is 63.8 Å². The maximum Gasteiger partial charge on any atom is 0.330 e. The molecule has 1 aliphatic rings. The first-order valence-electron chi connectivity index (χ1n) is 7.85. The van der Waals surface area contributed by atoms with E-state index in [2.05, 4.69) is 9.72 Å². The van der Waals surface area contributed by atoms with Gasteiger partial charge in [0.1, 0.15) is 5.82 Å². The van der Waals surface area contributed by atoms with E-state index in [1.54, 1.807) is 6.07 Å². The fourth-order valence-electron chi connectivity index (χ4n) is 2.68. The van der Waals surface area contributed by atoms with Crippen molar-refractivity contribution in [2.75, 3.05) is 18.0 Å². The number of rotatable bonds is 5. The monoisotopic (exact) mass is 389 g/mol. The van der Waals surface area contributed by atoms with Crippen LogP contribution in [0.2, 0.25) is 0 Å². The fourth-order valence-corrected chi connectivity index (χ4v) is 4.14. The lowest BCUT2D eigenvalue weighted by atomic mass is 10.1. The minimum Gasteiger partial charge on any atom is -0.466 e. The largest absolute Gasteiger partial charge is 0.466 e. The van der Waals surface area contributed by atoms with Gasteiger partial charge in [-0.3, -0.25) is 10.1 Å². The molecule has 9 nitrogen and oxygen atoms in total. The lowest BCUT2D eigenvalue weighted by Crippen LogP contribution is -2.29. The Morgan fingerprint density at radius 3 is 2.67 bits per heavy atom. The molecule has 0 N–H and O–H groups in total. The second-order valence-corrected chi connectivity index (χ2v) is 7.55. The number of nitrogens with zero attached hydrogens (tertiary/aromatic N) is 3. The van der Waals surface area contributed by atoms with Crippen LogP contribution in [-0.4, -0.2) is 37.9 Å². The molecule has 0 radical (unpaired) electrons. The van der Waals surface area contributed by atoms with E-state index in [-0.39, 0.29) is 17.1 Å². The number of carbonyl (C=O) groups excluding carboxylic acids is 1. The predicted molar refractivity (Wildman–Crippen MR) is 96.6 cm³/mol. The minimum absolute atomic E-state index is 0.0441. The zero-order valence-corrected chi connectivity index (χ0v) is 15.0. The highest BCUT2D eigenvalue weighted by Gasteiger charge is 2.32. The van der Waals surface area contributed by atoms with E-state index in [0.717, 1.165) is 17.7 Å². The van der Waals surface area contributed by atoms with E-state index < -0.39 is 20.9 Å². The van der Waals surface area contributed by atoms with Crippen molar-refractivity contribution < 1.29 is 22.9 Å².